The van der Waals surface area contributed by atoms with E-state index in [1.54, 1.807) is 0 Å². The fourth-order valence-corrected chi connectivity index (χ4v) is 7.67. The maximum Gasteiger partial charge on any atom is 0.139 e. The lowest BCUT2D eigenvalue weighted by atomic mass is 9.51. The van der Waals surface area contributed by atoms with Gasteiger partial charge < -0.3 is 0 Å². The van der Waals surface area contributed by atoms with E-state index >= 15 is 0 Å². The smallest absolute Gasteiger partial charge is 0.139 e. The predicted molar refractivity (Wildman–Crippen MR) is 79.1 cm³/mol. The van der Waals surface area contributed by atoms with Crippen LogP contribution in [-0.2, 0) is 4.79 Å². The number of carbonyl (C=O) groups excluding carboxylic acids is 1. The third-order valence-corrected chi connectivity index (χ3v) is 8.18. The summed E-state index contributed by atoms with van der Waals surface area (Å²) < 4.78 is 0. The molecule has 0 aromatic carbocycles. The number of rotatable bonds is 0. The first-order chi connectivity index (χ1) is 9.84. The molecule has 8 unspecified atom stereocenters. The van der Waals surface area contributed by atoms with Gasteiger partial charge in [0.15, 0.2) is 0 Å². The van der Waals surface area contributed by atoms with E-state index in [4.69, 9.17) is 0 Å². The fraction of sp³-hybridized carbons (Fsp3) is 0.947. The van der Waals surface area contributed by atoms with E-state index in [1.807, 2.05) is 0 Å². The van der Waals surface area contributed by atoms with Crippen LogP contribution in [0.25, 0.3) is 0 Å². The van der Waals surface area contributed by atoms with E-state index < -0.39 is 0 Å². The van der Waals surface area contributed by atoms with E-state index in [2.05, 4.69) is 0 Å². The average Bonchev–Trinajstić information content (AvgIpc) is 2.79. The highest BCUT2D eigenvalue weighted by molar-refractivity contribution is 5.87. The maximum atomic E-state index is 13.0. The molecule has 5 fully saturated rings. The van der Waals surface area contributed by atoms with E-state index in [-0.39, 0.29) is 0 Å². The predicted octanol–water partition coefficient (Wildman–Crippen LogP) is 4.45. The van der Waals surface area contributed by atoms with E-state index in [0.717, 1.165) is 41.3 Å². The molecule has 8 atom stereocenters. The lowest BCUT2D eigenvalue weighted by molar-refractivity contribution is -0.127. The zero-order chi connectivity index (χ0) is 13.3. The van der Waals surface area contributed by atoms with Crippen molar-refractivity contribution >= 4 is 5.78 Å². The molecule has 5 saturated carbocycles. The van der Waals surface area contributed by atoms with Gasteiger partial charge in [-0.1, -0.05) is 32.1 Å². The topological polar surface area (TPSA) is 17.1 Å². The summed E-state index contributed by atoms with van der Waals surface area (Å²) in [5.41, 5.74) is 0. The van der Waals surface area contributed by atoms with Crippen molar-refractivity contribution in [2.24, 2.45) is 47.3 Å². The van der Waals surface area contributed by atoms with Crippen molar-refractivity contribution in [1.29, 1.82) is 0 Å². The van der Waals surface area contributed by atoms with Crippen LogP contribution in [0.15, 0.2) is 0 Å². The molecule has 1 heteroatoms. The highest BCUT2D eigenvalue weighted by Gasteiger charge is 2.61. The number of hydrogen-bond acceptors (Lipinski definition) is 1. The molecule has 5 aliphatic rings. The Labute approximate surface area is 122 Å². The third-order valence-electron chi connectivity index (χ3n) is 8.18. The Balaban J connectivity index is 1.55. The summed E-state index contributed by atoms with van der Waals surface area (Å²) in [6, 6.07) is 0. The molecule has 0 amide bonds. The number of hydrogen-bond donors (Lipinski definition) is 0. The molecule has 1 nitrogen and oxygen atoms in total. The van der Waals surface area contributed by atoms with Crippen LogP contribution >= 0.6 is 0 Å². The van der Waals surface area contributed by atoms with Crippen LogP contribution in [0.2, 0.25) is 0 Å². The molecule has 5 aliphatic carbocycles. The Morgan fingerprint density at radius 3 is 2.45 bits per heavy atom. The van der Waals surface area contributed by atoms with E-state index in [9.17, 15) is 4.79 Å². The van der Waals surface area contributed by atoms with Crippen LogP contribution in [0.4, 0.5) is 0 Å². The van der Waals surface area contributed by atoms with Crippen LogP contribution in [0.5, 0.6) is 0 Å². The van der Waals surface area contributed by atoms with E-state index in [0.29, 0.717) is 11.8 Å². The van der Waals surface area contributed by atoms with Crippen molar-refractivity contribution in [2.45, 2.75) is 64.2 Å². The van der Waals surface area contributed by atoms with Crippen LogP contribution in [0.3, 0.4) is 0 Å². The van der Waals surface area contributed by atoms with Crippen molar-refractivity contribution in [3.8, 4) is 0 Å². The molecule has 0 bridgehead atoms. The first-order valence-electron chi connectivity index (χ1n) is 9.38. The summed E-state index contributed by atoms with van der Waals surface area (Å²) >= 11 is 0. The molecule has 110 valence electrons. The van der Waals surface area contributed by atoms with Crippen LogP contribution in [0, 0.1) is 47.3 Å². The van der Waals surface area contributed by atoms with Gasteiger partial charge in [-0.3, -0.25) is 4.79 Å². The van der Waals surface area contributed by atoms with Crippen LogP contribution < -0.4 is 0 Å². The Hall–Kier alpha value is -0.330. The summed E-state index contributed by atoms with van der Waals surface area (Å²) in [4.78, 5) is 13.0. The summed E-state index contributed by atoms with van der Waals surface area (Å²) in [5, 5.41) is 0. The molecule has 0 aromatic heterocycles. The Morgan fingerprint density at radius 1 is 0.650 bits per heavy atom. The number of ketones is 1. The van der Waals surface area contributed by atoms with Crippen molar-refractivity contribution < 1.29 is 4.79 Å². The molecule has 0 N–H and O–H groups in total. The molecule has 0 heterocycles. The molecule has 0 radical (unpaired) electrons. The van der Waals surface area contributed by atoms with Gasteiger partial charge in [0.25, 0.3) is 0 Å². The number of fused-ring (bicyclic) bond motifs is 2. The van der Waals surface area contributed by atoms with Crippen molar-refractivity contribution in [1.82, 2.24) is 0 Å². The lowest BCUT2D eigenvalue weighted by Crippen LogP contribution is -2.47. The van der Waals surface area contributed by atoms with Gasteiger partial charge in [-0.15, -0.1) is 0 Å². The van der Waals surface area contributed by atoms with Gasteiger partial charge >= 0.3 is 0 Å². The third kappa shape index (κ3) is 1.48. The second-order valence-corrected chi connectivity index (χ2v) is 8.65. The summed E-state index contributed by atoms with van der Waals surface area (Å²) in [5.74, 6) is 7.25. The largest absolute Gasteiger partial charge is 0.299 e. The Morgan fingerprint density at radius 2 is 1.50 bits per heavy atom. The molecule has 0 aliphatic heterocycles. The molecule has 20 heavy (non-hydrogen) atoms. The first-order valence-corrected chi connectivity index (χ1v) is 9.38. The van der Waals surface area contributed by atoms with Gasteiger partial charge in [0.05, 0.1) is 0 Å². The monoisotopic (exact) mass is 272 g/mol. The zero-order valence-electron chi connectivity index (χ0n) is 12.6. The molecule has 0 spiro atoms. The molecular weight excluding hydrogens is 244 g/mol. The minimum absolute atomic E-state index is 0.506. The highest BCUT2D eigenvalue weighted by Crippen LogP contribution is 2.64. The zero-order valence-corrected chi connectivity index (χ0v) is 12.6. The minimum atomic E-state index is 0.506. The molecular formula is C19H28O. The van der Waals surface area contributed by atoms with Gasteiger partial charge in [0.2, 0.25) is 0 Å². The maximum absolute atomic E-state index is 13.0. The molecule has 0 saturated heterocycles. The summed E-state index contributed by atoms with van der Waals surface area (Å²) in [6.07, 6.45) is 14.1. The van der Waals surface area contributed by atoms with Crippen molar-refractivity contribution in [3.05, 3.63) is 0 Å². The van der Waals surface area contributed by atoms with Gasteiger partial charge in [0.1, 0.15) is 5.78 Å². The first kappa shape index (κ1) is 12.2. The molecule has 5 rings (SSSR count). The summed E-state index contributed by atoms with van der Waals surface area (Å²) in [6.45, 7) is 0. The Kier molecular flexibility index (Phi) is 2.65. The van der Waals surface area contributed by atoms with Crippen molar-refractivity contribution in [2.75, 3.05) is 0 Å². The summed E-state index contributed by atoms with van der Waals surface area (Å²) in [7, 11) is 0. The number of carbonyl (C=O) groups is 1. The van der Waals surface area contributed by atoms with Gasteiger partial charge in [0, 0.05) is 11.8 Å². The number of Topliss-reactive ketones (excluding diaryl/α,β-unsaturated/α-hetero) is 1. The standard InChI is InChI=1S/C19H28O/c20-19-15-7-3-5-11-8-9-14-13-6-2-1-4-12(13)10-16(19)18(14)17(11)15/h11-18H,1-10H2. The van der Waals surface area contributed by atoms with Gasteiger partial charge in [-0.05, 0) is 67.6 Å². The molecule has 0 aromatic rings. The van der Waals surface area contributed by atoms with Crippen LogP contribution in [-0.4, -0.2) is 5.78 Å². The van der Waals surface area contributed by atoms with Gasteiger partial charge in [-0.2, -0.15) is 0 Å². The second-order valence-electron chi connectivity index (χ2n) is 8.65. The normalized spacial score (nSPS) is 57.1. The van der Waals surface area contributed by atoms with Crippen LogP contribution in [0.1, 0.15) is 64.2 Å². The van der Waals surface area contributed by atoms with E-state index in [1.165, 1.54) is 64.2 Å². The quantitative estimate of drug-likeness (QED) is 0.636. The highest BCUT2D eigenvalue weighted by atomic mass is 16.1. The van der Waals surface area contributed by atoms with Crippen molar-refractivity contribution in [3.63, 3.8) is 0 Å². The lowest BCUT2D eigenvalue weighted by Gasteiger charge is -2.53. The Bertz CT molecular complexity index is 427. The minimum Gasteiger partial charge on any atom is -0.299 e. The van der Waals surface area contributed by atoms with Gasteiger partial charge in [-0.25, -0.2) is 0 Å². The second kappa shape index (κ2) is 4.34. The fourth-order valence-electron chi connectivity index (χ4n) is 7.67. The average molecular weight is 272 g/mol. The SMILES string of the molecule is O=C1C2CCCC3CCC4C5CCCCC5CC1C4C32.